The highest BCUT2D eigenvalue weighted by atomic mass is 29.9. The molecule has 0 aromatic heterocycles. The second-order valence-corrected chi connectivity index (χ2v) is 53.0. The lowest BCUT2D eigenvalue weighted by Gasteiger charge is -2.58. The molecule has 0 spiro atoms. The molecule has 0 amide bonds. The molecule has 6 heteroatoms. The number of nitrogens with two attached hydrogens (primary N) is 1. The fourth-order valence-electron chi connectivity index (χ4n) is 6.65. The number of nitrogens with zero attached hydrogens (tertiary/aromatic N) is 1. The van der Waals surface area contributed by atoms with Gasteiger partial charge in [-0.1, -0.05) is 65.0 Å². The summed E-state index contributed by atoms with van der Waals surface area (Å²) in [5.74, 6) is 0.907. The Kier molecular flexibility index (Phi) is 6.14. The minimum atomic E-state index is -1.23. The summed E-state index contributed by atoms with van der Waals surface area (Å²) < 4.78 is 0. The molecule has 2 nitrogen and oxygen atoms in total. The molecular weight excluding hydrogens is 381 g/mol. The zero-order valence-electron chi connectivity index (χ0n) is 18.7. The summed E-state index contributed by atoms with van der Waals surface area (Å²) in [6, 6.07) is 10.1. The van der Waals surface area contributed by atoms with Crippen LogP contribution in [0.25, 0.3) is 0 Å². The Morgan fingerprint density at radius 3 is 1.73 bits per heavy atom. The molecule has 1 fully saturated rings. The summed E-state index contributed by atoms with van der Waals surface area (Å²) in [5.41, 5.74) is 8.11. The third kappa shape index (κ3) is 4.08. The third-order valence-corrected chi connectivity index (χ3v) is 81.2. The average molecular weight is 423 g/mol. The van der Waals surface area contributed by atoms with Crippen molar-refractivity contribution in [2.24, 2.45) is 5.92 Å². The summed E-state index contributed by atoms with van der Waals surface area (Å²) in [6.07, 6.45) is 1.39. The summed E-state index contributed by atoms with van der Waals surface area (Å²) in [5, 5.41) is 0. The second-order valence-electron chi connectivity index (χ2n) is 11.6. The van der Waals surface area contributed by atoms with Crippen molar-refractivity contribution in [3.8, 4) is 0 Å². The van der Waals surface area contributed by atoms with E-state index in [1.807, 2.05) is 12.1 Å². The van der Waals surface area contributed by atoms with Gasteiger partial charge in [0, 0.05) is 53.9 Å². The first-order valence-electron chi connectivity index (χ1n) is 10.3. The van der Waals surface area contributed by atoms with E-state index >= 15 is 0 Å². The van der Waals surface area contributed by atoms with Crippen molar-refractivity contribution in [1.29, 1.82) is 0 Å². The van der Waals surface area contributed by atoms with Gasteiger partial charge >= 0.3 is 0 Å². The largest absolute Gasteiger partial charge is 0.399 e. The van der Waals surface area contributed by atoms with Crippen LogP contribution in [0, 0.1) is 5.92 Å². The summed E-state index contributed by atoms with van der Waals surface area (Å²) in [4.78, 5) is 2.61. The summed E-state index contributed by atoms with van der Waals surface area (Å²) >= 11 is 0. The topological polar surface area (TPSA) is 29.3 Å². The van der Waals surface area contributed by atoms with Crippen molar-refractivity contribution in [2.75, 3.05) is 23.7 Å². The number of hydrogen-bond acceptors (Lipinski definition) is 2. The van der Waals surface area contributed by atoms with Crippen molar-refractivity contribution >= 4 is 40.8 Å². The van der Waals surface area contributed by atoms with Crippen LogP contribution in [0.5, 0.6) is 0 Å². The van der Waals surface area contributed by atoms with E-state index in [2.05, 4.69) is 76.0 Å². The van der Waals surface area contributed by atoms with Gasteiger partial charge in [0.25, 0.3) is 0 Å². The Labute approximate surface area is 166 Å². The van der Waals surface area contributed by atoms with E-state index in [1.54, 1.807) is 6.04 Å². The Morgan fingerprint density at radius 2 is 1.31 bits per heavy atom. The molecule has 26 heavy (non-hydrogen) atoms. The van der Waals surface area contributed by atoms with Crippen molar-refractivity contribution in [2.45, 2.75) is 71.4 Å². The SMILES string of the molecule is C[Si](C)(C)[Si](CC1CCN(c2ccc(N)cc2)C1)([Si](C)(C)C)[Si](C)(C)C. The monoisotopic (exact) mass is 422 g/mol. The van der Waals surface area contributed by atoms with Gasteiger partial charge in [0.05, 0.1) is 0 Å². The van der Waals surface area contributed by atoms with Gasteiger partial charge in [-0.2, -0.15) is 0 Å². The highest BCUT2D eigenvalue weighted by Crippen LogP contribution is 2.43. The molecule has 0 bridgehead atoms. The van der Waals surface area contributed by atoms with E-state index in [-0.39, 0.29) is 0 Å². The molecule has 1 aliphatic heterocycles. The molecule has 1 unspecified atom stereocenters. The maximum Gasteiger partial charge on any atom is 0.0377 e. The maximum absolute atomic E-state index is 5.88. The highest BCUT2D eigenvalue weighted by molar-refractivity contribution is 7.89. The molecular formula is C20H42N2Si4. The number of anilines is 2. The van der Waals surface area contributed by atoms with Crippen LogP contribution in [0.4, 0.5) is 11.4 Å². The van der Waals surface area contributed by atoms with Crippen LogP contribution >= 0.6 is 0 Å². The van der Waals surface area contributed by atoms with Crippen LogP contribution in [-0.2, 0) is 0 Å². The quantitative estimate of drug-likeness (QED) is 0.464. The van der Waals surface area contributed by atoms with Crippen LogP contribution in [0.15, 0.2) is 24.3 Å². The van der Waals surface area contributed by atoms with Gasteiger partial charge < -0.3 is 10.6 Å². The van der Waals surface area contributed by atoms with Gasteiger partial charge in [0.1, 0.15) is 0 Å². The Bertz CT molecular complexity index is 573. The molecule has 1 atom stereocenters. The predicted octanol–water partition coefficient (Wildman–Crippen LogP) is 5.79. The molecule has 1 saturated heterocycles. The van der Waals surface area contributed by atoms with E-state index in [0.717, 1.165) is 11.6 Å². The first kappa shape index (κ1) is 22.0. The van der Waals surface area contributed by atoms with Crippen LogP contribution in [0.1, 0.15) is 6.42 Å². The zero-order valence-corrected chi connectivity index (χ0v) is 22.7. The minimum Gasteiger partial charge on any atom is -0.399 e. The number of hydrogen-bond donors (Lipinski definition) is 1. The molecule has 0 aliphatic carbocycles. The molecule has 1 aliphatic rings. The maximum atomic E-state index is 5.88. The van der Waals surface area contributed by atoms with Gasteiger partial charge in [-0.25, -0.2) is 0 Å². The second kappa shape index (κ2) is 7.26. The Hall–Kier alpha value is -0.312. The first-order valence-corrected chi connectivity index (χ1v) is 26.0. The summed E-state index contributed by atoms with van der Waals surface area (Å²) in [7, 11) is -3.47. The predicted molar refractivity (Wildman–Crippen MR) is 132 cm³/mol. The van der Waals surface area contributed by atoms with E-state index < -0.39 is 29.4 Å². The van der Waals surface area contributed by atoms with Crippen molar-refractivity contribution < 1.29 is 0 Å². The van der Waals surface area contributed by atoms with Crippen molar-refractivity contribution in [3.05, 3.63) is 24.3 Å². The van der Waals surface area contributed by atoms with E-state index in [9.17, 15) is 0 Å². The van der Waals surface area contributed by atoms with Crippen molar-refractivity contribution in [3.63, 3.8) is 0 Å². The van der Waals surface area contributed by atoms with Crippen LogP contribution in [0.2, 0.25) is 65.0 Å². The third-order valence-electron chi connectivity index (χ3n) is 6.98. The van der Waals surface area contributed by atoms with Gasteiger partial charge in [-0.15, -0.1) is 0 Å². The molecule has 2 rings (SSSR count). The van der Waals surface area contributed by atoms with E-state index in [1.165, 1.54) is 25.2 Å². The molecule has 1 aromatic carbocycles. The van der Waals surface area contributed by atoms with Crippen molar-refractivity contribution in [1.82, 2.24) is 0 Å². The van der Waals surface area contributed by atoms with Crippen LogP contribution in [0.3, 0.4) is 0 Å². The van der Waals surface area contributed by atoms with Gasteiger partial charge in [0.15, 0.2) is 0 Å². The number of nitrogen functional groups attached to an aromatic ring is 1. The smallest absolute Gasteiger partial charge is 0.0377 e. The molecule has 0 saturated carbocycles. The number of benzene rings is 1. The lowest BCUT2D eigenvalue weighted by molar-refractivity contribution is 0.653. The molecule has 0 radical (unpaired) electrons. The molecule has 1 aromatic rings. The fraction of sp³-hybridized carbons (Fsp3) is 0.700. The lowest BCUT2D eigenvalue weighted by atomic mass is 10.2. The average Bonchev–Trinajstić information content (AvgIpc) is 2.90. The van der Waals surface area contributed by atoms with Gasteiger partial charge in [-0.05, 0) is 36.6 Å². The normalized spacial score (nSPS) is 19.9. The Morgan fingerprint density at radius 1 is 0.846 bits per heavy atom. The van der Waals surface area contributed by atoms with E-state index in [4.69, 9.17) is 5.73 Å². The van der Waals surface area contributed by atoms with Gasteiger partial charge in [-0.3, -0.25) is 0 Å². The van der Waals surface area contributed by atoms with Crippen LogP contribution in [-0.4, -0.2) is 42.5 Å². The standard InChI is InChI=1S/C20H42N2Si4/c1-23(2,3)26(24(4,5)6,25(7,8)9)17-18-14-15-22(16-18)20-12-10-19(21)11-13-20/h10-13,18H,14-17,21H2,1-9H3. The minimum absolute atomic E-state index is 0.868. The lowest BCUT2D eigenvalue weighted by Crippen LogP contribution is -2.83. The molecule has 1 heterocycles. The van der Waals surface area contributed by atoms with Crippen LogP contribution < -0.4 is 10.6 Å². The Balaban J connectivity index is 2.29. The highest BCUT2D eigenvalue weighted by Gasteiger charge is 2.61. The molecule has 148 valence electrons. The number of rotatable bonds is 6. The molecule has 2 N–H and O–H groups in total. The fourth-order valence-corrected chi connectivity index (χ4v) is 106. The zero-order chi connectivity index (χ0) is 20.0. The summed E-state index contributed by atoms with van der Waals surface area (Å²) in [6.45, 7) is 25.8. The van der Waals surface area contributed by atoms with E-state index in [0.29, 0.717) is 0 Å². The first-order chi connectivity index (χ1) is 11.7. The van der Waals surface area contributed by atoms with Gasteiger partial charge in [0.2, 0.25) is 0 Å².